The molecule has 1 aromatic rings. The molecular formula is C14H22O. The molecule has 0 fully saturated rings. The number of hydrogen-bond donors (Lipinski definition) is 0. The molecule has 1 heteroatoms. The fourth-order valence-corrected chi connectivity index (χ4v) is 1.47. The topological polar surface area (TPSA) is 17.1 Å². The molecular weight excluding hydrogens is 184 g/mol. The van der Waals surface area contributed by atoms with Crippen molar-refractivity contribution in [2.45, 2.75) is 47.5 Å². The van der Waals surface area contributed by atoms with Crippen molar-refractivity contribution in [3.05, 3.63) is 34.9 Å². The summed E-state index contributed by atoms with van der Waals surface area (Å²) < 4.78 is 0. The zero-order valence-corrected chi connectivity index (χ0v) is 9.64. The van der Waals surface area contributed by atoms with Crippen LogP contribution in [0, 0.1) is 6.92 Å². The summed E-state index contributed by atoms with van der Waals surface area (Å²) >= 11 is 0. The quantitative estimate of drug-likeness (QED) is 0.631. The van der Waals surface area contributed by atoms with Crippen LogP contribution >= 0.6 is 0 Å². The molecule has 0 saturated heterocycles. The zero-order chi connectivity index (χ0) is 10.9. The van der Waals surface area contributed by atoms with E-state index in [-0.39, 0.29) is 18.6 Å². The van der Waals surface area contributed by atoms with Crippen LogP contribution in [-0.2, 0) is 5.41 Å². The first-order chi connectivity index (χ1) is 6.32. The number of benzene rings is 1. The van der Waals surface area contributed by atoms with Gasteiger partial charge in [-0.05, 0) is 36.5 Å². The van der Waals surface area contributed by atoms with E-state index in [1.165, 1.54) is 5.56 Å². The van der Waals surface area contributed by atoms with Gasteiger partial charge >= 0.3 is 0 Å². The molecule has 0 heterocycles. The number of hydrogen-bond acceptors (Lipinski definition) is 1. The van der Waals surface area contributed by atoms with E-state index in [9.17, 15) is 4.79 Å². The van der Waals surface area contributed by atoms with E-state index < -0.39 is 0 Å². The summed E-state index contributed by atoms with van der Waals surface area (Å²) in [6, 6.07) is 6.14. The first kappa shape index (κ1) is 13.9. The summed E-state index contributed by atoms with van der Waals surface area (Å²) in [5.41, 5.74) is 3.23. The molecule has 0 unspecified atom stereocenters. The first-order valence-corrected chi connectivity index (χ1v) is 4.94. The predicted octanol–water partition coefficient (Wildman–Crippen LogP) is 4.13. The van der Waals surface area contributed by atoms with E-state index in [1.807, 2.05) is 19.1 Å². The van der Waals surface area contributed by atoms with E-state index in [0.29, 0.717) is 0 Å². The maximum absolute atomic E-state index is 11.3. The van der Waals surface area contributed by atoms with Crippen LogP contribution in [0.1, 0.15) is 56.6 Å². The molecule has 0 aliphatic heterocycles. The molecule has 0 aliphatic carbocycles. The minimum atomic E-state index is 0. The number of Topliss-reactive ketones (excluding diaryl/α,β-unsaturated/α-hetero) is 1. The lowest BCUT2D eigenvalue weighted by Gasteiger charge is -2.20. The molecule has 1 aromatic carbocycles. The van der Waals surface area contributed by atoms with Gasteiger partial charge in [0.05, 0.1) is 0 Å². The normalized spacial score (nSPS) is 10.7. The van der Waals surface area contributed by atoms with Gasteiger partial charge in [-0.15, -0.1) is 0 Å². The van der Waals surface area contributed by atoms with E-state index >= 15 is 0 Å². The maximum Gasteiger partial charge on any atom is 0.160 e. The van der Waals surface area contributed by atoms with Crippen molar-refractivity contribution in [2.75, 3.05) is 0 Å². The maximum atomic E-state index is 11.3. The minimum absolute atomic E-state index is 0. The number of aryl methyl sites for hydroxylation is 1. The summed E-state index contributed by atoms with van der Waals surface area (Å²) in [7, 11) is 0. The Hall–Kier alpha value is -1.11. The highest BCUT2D eigenvalue weighted by Crippen LogP contribution is 2.24. The van der Waals surface area contributed by atoms with Gasteiger partial charge in [-0.1, -0.05) is 40.3 Å². The van der Waals surface area contributed by atoms with Gasteiger partial charge in [0.1, 0.15) is 0 Å². The fraction of sp³-hybridized carbons (Fsp3) is 0.500. The average Bonchev–Trinajstić information content (AvgIpc) is 2.02. The predicted molar refractivity (Wildman–Crippen MR) is 66.6 cm³/mol. The third-order valence-corrected chi connectivity index (χ3v) is 2.48. The van der Waals surface area contributed by atoms with Crippen LogP contribution in [0.3, 0.4) is 0 Å². The monoisotopic (exact) mass is 206 g/mol. The summed E-state index contributed by atoms with van der Waals surface area (Å²) in [6.07, 6.45) is 0. The molecule has 0 radical (unpaired) electrons. The molecule has 0 saturated carbocycles. The number of carbonyl (C=O) groups excluding carboxylic acids is 1. The van der Waals surface area contributed by atoms with Gasteiger partial charge in [0.25, 0.3) is 0 Å². The van der Waals surface area contributed by atoms with Gasteiger partial charge in [0.2, 0.25) is 0 Å². The summed E-state index contributed by atoms with van der Waals surface area (Å²) in [5, 5.41) is 0. The van der Waals surface area contributed by atoms with Crippen molar-refractivity contribution < 1.29 is 4.79 Å². The highest BCUT2D eigenvalue weighted by atomic mass is 16.1. The second-order valence-corrected chi connectivity index (χ2v) is 4.84. The fourth-order valence-electron chi connectivity index (χ4n) is 1.47. The third kappa shape index (κ3) is 3.19. The highest BCUT2D eigenvalue weighted by Gasteiger charge is 2.15. The molecule has 1 rings (SSSR count). The summed E-state index contributed by atoms with van der Waals surface area (Å²) in [6.45, 7) is 10.1. The second kappa shape index (κ2) is 4.61. The van der Waals surface area contributed by atoms with Gasteiger partial charge in [-0.2, -0.15) is 0 Å². The van der Waals surface area contributed by atoms with Crippen LogP contribution in [0.25, 0.3) is 0 Å². The summed E-state index contributed by atoms with van der Waals surface area (Å²) in [5.74, 6) is 0.147. The highest BCUT2D eigenvalue weighted by molar-refractivity contribution is 5.95. The Bertz CT molecular complexity index is 356. The molecule has 0 N–H and O–H groups in total. The van der Waals surface area contributed by atoms with Crippen LogP contribution in [0.4, 0.5) is 0 Å². The Morgan fingerprint density at radius 3 is 2.13 bits per heavy atom. The van der Waals surface area contributed by atoms with Crippen molar-refractivity contribution in [3.63, 3.8) is 0 Å². The smallest absolute Gasteiger partial charge is 0.160 e. The van der Waals surface area contributed by atoms with Gasteiger partial charge in [-0.25, -0.2) is 0 Å². The lowest BCUT2D eigenvalue weighted by atomic mass is 9.85. The molecule has 0 aliphatic rings. The Morgan fingerprint density at radius 1 is 1.20 bits per heavy atom. The molecule has 0 bridgehead atoms. The van der Waals surface area contributed by atoms with Crippen LogP contribution in [0.5, 0.6) is 0 Å². The molecule has 84 valence electrons. The van der Waals surface area contributed by atoms with Crippen LogP contribution < -0.4 is 0 Å². The Kier molecular flexibility index (Phi) is 4.27. The van der Waals surface area contributed by atoms with Gasteiger partial charge in [0.15, 0.2) is 5.78 Å². The van der Waals surface area contributed by atoms with Crippen molar-refractivity contribution in [3.8, 4) is 0 Å². The molecule has 0 amide bonds. The van der Waals surface area contributed by atoms with Crippen molar-refractivity contribution >= 4 is 5.78 Å². The van der Waals surface area contributed by atoms with Gasteiger partial charge in [0, 0.05) is 5.56 Å². The van der Waals surface area contributed by atoms with Crippen LogP contribution in [-0.4, -0.2) is 5.78 Å². The number of carbonyl (C=O) groups is 1. The zero-order valence-electron chi connectivity index (χ0n) is 9.64. The Morgan fingerprint density at radius 2 is 1.73 bits per heavy atom. The molecule has 0 spiro atoms. The molecule has 0 aromatic heterocycles. The first-order valence-electron chi connectivity index (χ1n) is 4.94. The van der Waals surface area contributed by atoms with Crippen LogP contribution in [0.15, 0.2) is 18.2 Å². The Balaban J connectivity index is 0.00000196. The number of ketones is 1. The lowest BCUT2D eigenvalue weighted by molar-refractivity contribution is 0.101. The lowest BCUT2D eigenvalue weighted by Crippen LogP contribution is -2.12. The Labute approximate surface area is 93.5 Å². The van der Waals surface area contributed by atoms with Gasteiger partial charge < -0.3 is 0 Å². The second-order valence-electron chi connectivity index (χ2n) is 4.84. The van der Waals surface area contributed by atoms with E-state index in [4.69, 9.17) is 0 Å². The largest absolute Gasteiger partial charge is 0.295 e. The molecule has 15 heavy (non-hydrogen) atoms. The third-order valence-electron chi connectivity index (χ3n) is 2.48. The van der Waals surface area contributed by atoms with E-state index in [0.717, 1.165) is 11.1 Å². The van der Waals surface area contributed by atoms with E-state index in [2.05, 4.69) is 26.8 Å². The molecule has 1 nitrogen and oxygen atoms in total. The summed E-state index contributed by atoms with van der Waals surface area (Å²) in [4.78, 5) is 11.3. The van der Waals surface area contributed by atoms with Gasteiger partial charge in [-0.3, -0.25) is 4.79 Å². The van der Waals surface area contributed by atoms with Crippen molar-refractivity contribution in [1.82, 2.24) is 0 Å². The van der Waals surface area contributed by atoms with E-state index in [1.54, 1.807) is 6.92 Å². The SMILES string of the molecule is C.CC(=O)c1cc(C(C)(C)C)ccc1C. The van der Waals surface area contributed by atoms with Crippen LogP contribution in [0.2, 0.25) is 0 Å². The van der Waals surface area contributed by atoms with Crippen molar-refractivity contribution in [1.29, 1.82) is 0 Å². The average molecular weight is 206 g/mol. The van der Waals surface area contributed by atoms with Crippen molar-refractivity contribution in [2.24, 2.45) is 0 Å². The standard InChI is InChI=1S/C13H18O.CH4/c1-9-6-7-11(13(3,4)5)8-12(9)10(2)14;/h6-8H,1-5H3;1H4. The molecule has 0 atom stereocenters. The minimum Gasteiger partial charge on any atom is -0.295 e. The number of rotatable bonds is 1.